The fourth-order valence-electron chi connectivity index (χ4n) is 3.21. The van der Waals surface area contributed by atoms with Crippen molar-refractivity contribution in [3.63, 3.8) is 0 Å². The van der Waals surface area contributed by atoms with Gasteiger partial charge in [-0.2, -0.15) is 0 Å². The third kappa shape index (κ3) is 5.35. The molecule has 1 aromatic heterocycles. The zero-order valence-electron chi connectivity index (χ0n) is 15.9. The largest absolute Gasteiger partial charge is 0.495 e. The number of rotatable bonds is 7. The molecule has 3 atom stereocenters. The molecule has 0 radical (unpaired) electrons. The minimum atomic E-state index is -0.203. The average Bonchev–Trinajstić information content (AvgIpc) is 3.10. The molecule has 0 unspecified atom stereocenters. The monoisotopic (exact) mass is 406 g/mol. The number of carbonyl (C=O) groups is 1. The fourth-order valence-corrected chi connectivity index (χ4v) is 5.12. The number of para-hydroxylation sites is 2. The van der Waals surface area contributed by atoms with E-state index in [4.69, 9.17) is 4.74 Å². The zero-order chi connectivity index (χ0) is 19.2. The van der Waals surface area contributed by atoms with E-state index in [-0.39, 0.29) is 11.2 Å². The maximum atomic E-state index is 12.5. The van der Waals surface area contributed by atoms with Crippen molar-refractivity contribution in [2.45, 2.75) is 55.2 Å². The van der Waals surface area contributed by atoms with Gasteiger partial charge in [0, 0.05) is 6.04 Å². The van der Waals surface area contributed by atoms with Crippen LogP contribution in [-0.2, 0) is 4.79 Å². The van der Waals surface area contributed by atoms with Gasteiger partial charge in [-0.3, -0.25) is 4.79 Å². The highest BCUT2D eigenvalue weighted by atomic mass is 32.2. The van der Waals surface area contributed by atoms with E-state index in [2.05, 4.69) is 27.8 Å². The van der Waals surface area contributed by atoms with Gasteiger partial charge in [-0.15, -0.1) is 10.2 Å². The predicted octanol–water partition coefficient (Wildman–Crippen LogP) is 4.47. The molecule has 1 aromatic carbocycles. The highest BCUT2D eigenvalue weighted by Crippen LogP contribution is 2.33. The fraction of sp³-hybridized carbons (Fsp3) is 0.526. The molecule has 1 aliphatic carbocycles. The van der Waals surface area contributed by atoms with Crippen LogP contribution in [0.3, 0.4) is 0 Å². The van der Waals surface area contributed by atoms with Gasteiger partial charge in [-0.1, -0.05) is 55.0 Å². The van der Waals surface area contributed by atoms with E-state index in [0.717, 1.165) is 22.2 Å². The normalized spacial score (nSPS) is 20.7. The first-order valence-corrected chi connectivity index (χ1v) is 11.0. The quantitative estimate of drug-likeness (QED) is 0.661. The van der Waals surface area contributed by atoms with Crippen molar-refractivity contribution in [3.8, 4) is 5.75 Å². The SMILES string of the molecule is COc1ccccc1Nc1nnc(S[C@H](C)C(=O)N[C@H]2CCCC[C@@H]2C)s1. The number of carbonyl (C=O) groups excluding carboxylic acids is 1. The molecule has 146 valence electrons. The van der Waals surface area contributed by atoms with Crippen LogP contribution in [0.1, 0.15) is 39.5 Å². The second kappa shape index (κ2) is 9.41. The number of hydrogen-bond donors (Lipinski definition) is 2. The Morgan fingerprint density at radius 1 is 1.30 bits per heavy atom. The Labute approximate surface area is 168 Å². The molecule has 2 aromatic rings. The Bertz CT molecular complexity index is 768. The third-order valence-electron chi connectivity index (χ3n) is 4.84. The van der Waals surface area contributed by atoms with Crippen LogP contribution in [0.25, 0.3) is 0 Å². The number of nitrogens with one attached hydrogen (secondary N) is 2. The van der Waals surface area contributed by atoms with Crippen LogP contribution in [0.15, 0.2) is 28.6 Å². The van der Waals surface area contributed by atoms with Crippen molar-refractivity contribution in [1.82, 2.24) is 15.5 Å². The Hall–Kier alpha value is -1.80. The van der Waals surface area contributed by atoms with Gasteiger partial charge in [0.2, 0.25) is 11.0 Å². The standard InChI is InChI=1S/C19H26N4O2S2/c1-12-8-4-5-9-14(12)20-17(24)13(2)26-19-23-22-18(27-19)21-15-10-6-7-11-16(15)25-3/h6-7,10-14H,4-5,8-9H2,1-3H3,(H,20,24)(H,21,22)/t12-,13+,14-/m0/s1. The molecule has 0 spiro atoms. The zero-order valence-corrected chi connectivity index (χ0v) is 17.5. The van der Waals surface area contributed by atoms with E-state index in [1.807, 2.05) is 31.2 Å². The summed E-state index contributed by atoms with van der Waals surface area (Å²) >= 11 is 2.88. The maximum absolute atomic E-state index is 12.5. The predicted molar refractivity (Wildman–Crippen MR) is 111 cm³/mol. The summed E-state index contributed by atoms with van der Waals surface area (Å²) in [5.74, 6) is 1.38. The molecule has 1 aliphatic rings. The summed E-state index contributed by atoms with van der Waals surface area (Å²) in [6, 6.07) is 7.96. The first-order valence-electron chi connectivity index (χ1n) is 9.27. The summed E-state index contributed by atoms with van der Waals surface area (Å²) in [5, 5.41) is 15.3. The lowest BCUT2D eigenvalue weighted by Crippen LogP contribution is -2.44. The van der Waals surface area contributed by atoms with Crippen LogP contribution in [0.2, 0.25) is 0 Å². The lowest BCUT2D eigenvalue weighted by Gasteiger charge is -2.30. The number of hydrogen-bond acceptors (Lipinski definition) is 7. The molecule has 6 nitrogen and oxygen atoms in total. The third-order valence-corrected chi connectivity index (χ3v) is 6.86. The maximum Gasteiger partial charge on any atom is 0.233 e. The number of methoxy groups -OCH3 is 1. The van der Waals surface area contributed by atoms with Crippen molar-refractivity contribution in [2.75, 3.05) is 12.4 Å². The average molecular weight is 407 g/mol. The summed E-state index contributed by atoms with van der Waals surface area (Å²) in [4.78, 5) is 12.5. The number of nitrogens with zero attached hydrogens (tertiary/aromatic N) is 2. The van der Waals surface area contributed by atoms with Gasteiger partial charge < -0.3 is 15.4 Å². The smallest absolute Gasteiger partial charge is 0.233 e. The van der Waals surface area contributed by atoms with E-state index in [1.165, 1.54) is 42.4 Å². The summed E-state index contributed by atoms with van der Waals surface area (Å²) in [5.41, 5.74) is 0.838. The number of anilines is 2. The van der Waals surface area contributed by atoms with E-state index in [0.29, 0.717) is 17.1 Å². The van der Waals surface area contributed by atoms with Gasteiger partial charge in [0.05, 0.1) is 18.0 Å². The van der Waals surface area contributed by atoms with Gasteiger partial charge in [0.25, 0.3) is 0 Å². The lowest BCUT2D eigenvalue weighted by molar-refractivity contribution is -0.121. The molecule has 1 fully saturated rings. The van der Waals surface area contributed by atoms with Crippen molar-refractivity contribution in [1.29, 1.82) is 0 Å². The summed E-state index contributed by atoms with van der Waals surface area (Å²) in [6.45, 7) is 4.14. The van der Waals surface area contributed by atoms with E-state index in [9.17, 15) is 4.79 Å². The Morgan fingerprint density at radius 3 is 2.85 bits per heavy atom. The molecule has 0 saturated heterocycles. The summed E-state index contributed by atoms with van der Waals surface area (Å²) in [7, 11) is 1.63. The molecule has 2 N–H and O–H groups in total. The molecule has 0 bridgehead atoms. The molecule has 1 amide bonds. The molecule has 1 saturated carbocycles. The Kier molecular flexibility index (Phi) is 6.95. The lowest BCUT2D eigenvalue weighted by atomic mass is 9.86. The van der Waals surface area contributed by atoms with Crippen LogP contribution in [0.5, 0.6) is 5.75 Å². The highest BCUT2D eigenvalue weighted by molar-refractivity contribution is 8.02. The van der Waals surface area contributed by atoms with Crippen LogP contribution >= 0.6 is 23.1 Å². The molecule has 27 heavy (non-hydrogen) atoms. The van der Waals surface area contributed by atoms with Gasteiger partial charge >= 0.3 is 0 Å². The Balaban J connectivity index is 1.55. The van der Waals surface area contributed by atoms with Crippen molar-refractivity contribution < 1.29 is 9.53 Å². The Morgan fingerprint density at radius 2 is 2.07 bits per heavy atom. The van der Waals surface area contributed by atoms with E-state index in [1.54, 1.807) is 7.11 Å². The van der Waals surface area contributed by atoms with Gasteiger partial charge in [-0.25, -0.2) is 0 Å². The van der Waals surface area contributed by atoms with Crippen LogP contribution in [-0.4, -0.2) is 34.5 Å². The van der Waals surface area contributed by atoms with Crippen LogP contribution in [0, 0.1) is 5.92 Å². The first kappa shape index (κ1) is 19.9. The minimum absolute atomic E-state index is 0.0770. The number of amides is 1. The molecule has 8 heteroatoms. The number of aromatic nitrogens is 2. The topological polar surface area (TPSA) is 76.1 Å². The number of ether oxygens (including phenoxy) is 1. The second-order valence-electron chi connectivity index (χ2n) is 6.84. The van der Waals surface area contributed by atoms with Gasteiger partial charge in [-0.05, 0) is 37.8 Å². The number of benzene rings is 1. The van der Waals surface area contributed by atoms with E-state index < -0.39 is 0 Å². The summed E-state index contributed by atoms with van der Waals surface area (Å²) < 4.78 is 6.11. The molecular weight excluding hydrogens is 380 g/mol. The van der Waals surface area contributed by atoms with E-state index >= 15 is 0 Å². The highest BCUT2D eigenvalue weighted by Gasteiger charge is 2.25. The second-order valence-corrected chi connectivity index (χ2v) is 9.40. The molecule has 1 heterocycles. The van der Waals surface area contributed by atoms with Crippen molar-refractivity contribution in [2.24, 2.45) is 5.92 Å². The van der Waals surface area contributed by atoms with Gasteiger partial charge in [0.1, 0.15) is 5.75 Å². The molecule has 0 aliphatic heterocycles. The minimum Gasteiger partial charge on any atom is -0.495 e. The van der Waals surface area contributed by atoms with Crippen LogP contribution in [0.4, 0.5) is 10.8 Å². The van der Waals surface area contributed by atoms with Crippen molar-refractivity contribution >= 4 is 39.8 Å². The first-order chi connectivity index (χ1) is 13.1. The summed E-state index contributed by atoms with van der Waals surface area (Å²) in [6.07, 6.45) is 4.74. The van der Waals surface area contributed by atoms with Crippen molar-refractivity contribution in [3.05, 3.63) is 24.3 Å². The van der Waals surface area contributed by atoms with Crippen LogP contribution < -0.4 is 15.4 Å². The molecular formula is C19H26N4O2S2. The molecule has 3 rings (SSSR count). The number of thioether (sulfide) groups is 1. The van der Waals surface area contributed by atoms with Gasteiger partial charge in [0.15, 0.2) is 4.34 Å².